The van der Waals surface area contributed by atoms with E-state index in [-0.39, 0.29) is 18.0 Å². The van der Waals surface area contributed by atoms with Crippen molar-refractivity contribution >= 4 is 17.6 Å². The lowest BCUT2D eigenvalue weighted by molar-refractivity contribution is 0.0944. The van der Waals surface area contributed by atoms with Gasteiger partial charge in [-0.3, -0.25) is 4.79 Å². The monoisotopic (exact) mass is 346 g/mol. The van der Waals surface area contributed by atoms with Crippen molar-refractivity contribution < 1.29 is 9.59 Å². The highest BCUT2D eigenvalue weighted by molar-refractivity contribution is 5.96. The van der Waals surface area contributed by atoms with Crippen LogP contribution < -0.4 is 16.0 Å². The normalized spacial score (nSPS) is 18.0. The van der Waals surface area contributed by atoms with Gasteiger partial charge in [-0.05, 0) is 57.4 Å². The number of amides is 3. The van der Waals surface area contributed by atoms with Crippen LogP contribution in [0.25, 0.3) is 0 Å². The summed E-state index contributed by atoms with van der Waals surface area (Å²) < 4.78 is 0. The SMILES string of the molecule is CC(C)NC(=O)Nc1cccc(C(=O)NCCN2CCC[C@@H](C)C2)c1. The largest absolute Gasteiger partial charge is 0.351 e. The van der Waals surface area contributed by atoms with Crippen molar-refractivity contribution in [2.75, 3.05) is 31.5 Å². The minimum absolute atomic E-state index is 0.0592. The number of carbonyl (C=O) groups is 2. The Morgan fingerprint density at radius 1 is 1.32 bits per heavy atom. The number of benzene rings is 1. The fourth-order valence-electron chi connectivity index (χ4n) is 3.09. The first kappa shape index (κ1) is 19.2. The zero-order valence-electron chi connectivity index (χ0n) is 15.5. The Hall–Kier alpha value is -2.08. The van der Waals surface area contributed by atoms with Crippen LogP contribution in [0, 0.1) is 5.92 Å². The first-order valence-electron chi connectivity index (χ1n) is 9.12. The molecule has 3 amide bonds. The second kappa shape index (κ2) is 9.42. The Labute approximate surface area is 150 Å². The molecule has 0 bridgehead atoms. The molecule has 1 aliphatic rings. The molecule has 1 heterocycles. The van der Waals surface area contributed by atoms with Gasteiger partial charge in [-0.15, -0.1) is 0 Å². The third kappa shape index (κ3) is 6.74. The number of nitrogens with zero attached hydrogens (tertiary/aromatic N) is 1. The van der Waals surface area contributed by atoms with Gasteiger partial charge in [-0.2, -0.15) is 0 Å². The Morgan fingerprint density at radius 3 is 2.84 bits per heavy atom. The number of likely N-dealkylation sites (tertiary alicyclic amines) is 1. The lowest BCUT2D eigenvalue weighted by Gasteiger charge is -2.30. The molecule has 0 spiro atoms. The van der Waals surface area contributed by atoms with E-state index in [0.29, 0.717) is 17.8 Å². The minimum atomic E-state index is -0.272. The Kier molecular flexibility index (Phi) is 7.25. The summed E-state index contributed by atoms with van der Waals surface area (Å²) in [5, 5.41) is 8.47. The highest BCUT2D eigenvalue weighted by Gasteiger charge is 2.16. The lowest BCUT2D eigenvalue weighted by Crippen LogP contribution is -2.40. The third-order valence-electron chi connectivity index (χ3n) is 4.26. The van der Waals surface area contributed by atoms with E-state index in [9.17, 15) is 9.59 Å². The van der Waals surface area contributed by atoms with Crippen LogP contribution in [-0.2, 0) is 0 Å². The quantitative estimate of drug-likeness (QED) is 0.741. The highest BCUT2D eigenvalue weighted by Crippen LogP contribution is 2.14. The molecule has 1 fully saturated rings. The number of hydrogen-bond acceptors (Lipinski definition) is 3. The minimum Gasteiger partial charge on any atom is -0.351 e. The molecule has 1 atom stereocenters. The van der Waals surface area contributed by atoms with Gasteiger partial charge in [0.25, 0.3) is 5.91 Å². The number of hydrogen-bond donors (Lipinski definition) is 3. The van der Waals surface area contributed by atoms with Gasteiger partial charge in [0.1, 0.15) is 0 Å². The van der Waals surface area contributed by atoms with E-state index in [0.717, 1.165) is 25.6 Å². The van der Waals surface area contributed by atoms with E-state index >= 15 is 0 Å². The summed E-state index contributed by atoms with van der Waals surface area (Å²) >= 11 is 0. The summed E-state index contributed by atoms with van der Waals surface area (Å²) in [6.07, 6.45) is 2.54. The number of nitrogens with one attached hydrogen (secondary N) is 3. The number of piperidine rings is 1. The van der Waals surface area contributed by atoms with Crippen molar-refractivity contribution in [2.24, 2.45) is 5.92 Å². The van der Waals surface area contributed by atoms with Crippen molar-refractivity contribution in [3.05, 3.63) is 29.8 Å². The van der Waals surface area contributed by atoms with Crippen LogP contribution in [-0.4, -0.2) is 49.1 Å². The number of carbonyl (C=O) groups excluding carboxylic acids is 2. The van der Waals surface area contributed by atoms with Crippen molar-refractivity contribution in [2.45, 2.75) is 39.7 Å². The molecule has 6 heteroatoms. The van der Waals surface area contributed by atoms with Crippen LogP contribution in [0.4, 0.5) is 10.5 Å². The molecule has 0 unspecified atom stereocenters. The molecule has 0 radical (unpaired) electrons. The van der Waals surface area contributed by atoms with Gasteiger partial charge in [0.15, 0.2) is 0 Å². The molecule has 0 aliphatic carbocycles. The smallest absolute Gasteiger partial charge is 0.319 e. The summed E-state index contributed by atoms with van der Waals surface area (Å²) in [6, 6.07) is 6.77. The zero-order valence-corrected chi connectivity index (χ0v) is 15.5. The maximum Gasteiger partial charge on any atom is 0.319 e. The van der Waals surface area contributed by atoms with Crippen LogP contribution in [0.5, 0.6) is 0 Å². The van der Waals surface area contributed by atoms with Gasteiger partial charge >= 0.3 is 6.03 Å². The van der Waals surface area contributed by atoms with E-state index in [1.807, 2.05) is 13.8 Å². The molecule has 138 valence electrons. The molecule has 1 saturated heterocycles. The fraction of sp³-hybridized carbons (Fsp3) is 0.579. The predicted molar refractivity (Wildman–Crippen MR) is 101 cm³/mol. The molecule has 1 aromatic rings. The van der Waals surface area contributed by atoms with E-state index in [1.165, 1.54) is 12.8 Å². The maximum absolute atomic E-state index is 12.3. The molecule has 1 aliphatic heterocycles. The summed E-state index contributed by atoms with van der Waals surface area (Å²) in [7, 11) is 0. The summed E-state index contributed by atoms with van der Waals surface area (Å²) in [6.45, 7) is 9.81. The molecule has 0 aromatic heterocycles. The molecular formula is C19H30N4O2. The summed E-state index contributed by atoms with van der Waals surface area (Å²) in [5.41, 5.74) is 1.16. The van der Waals surface area contributed by atoms with Crippen molar-refractivity contribution in [1.29, 1.82) is 0 Å². The average Bonchev–Trinajstić information content (AvgIpc) is 2.54. The first-order valence-corrected chi connectivity index (χ1v) is 9.12. The summed E-state index contributed by atoms with van der Waals surface area (Å²) in [4.78, 5) is 26.5. The molecule has 2 rings (SSSR count). The van der Waals surface area contributed by atoms with E-state index < -0.39 is 0 Å². The maximum atomic E-state index is 12.3. The van der Waals surface area contributed by atoms with Gasteiger partial charge in [0, 0.05) is 36.9 Å². The first-order chi connectivity index (χ1) is 11.9. The van der Waals surface area contributed by atoms with Gasteiger partial charge < -0.3 is 20.9 Å². The average molecular weight is 346 g/mol. The van der Waals surface area contributed by atoms with E-state index in [2.05, 4.69) is 27.8 Å². The number of rotatable bonds is 6. The molecule has 25 heavy (non-hydrogen) atoms. The van der Waals surface area contributed by atoms with Gasteiger partial charge in [-0.1, -0.05) is 13.0 Å². The second-order valence-electron chi connectivity index (χ2n) is 7.14. The molecule has 6 nitrogen and oxygen atoms in total. The van der Waals surface area contributed by atoms with Crippen LogP contribution in [0.1, 0.15) is 44.0 Å². The summed E-state index contributed by atoms with van der Waals surface area (Å²) in [5.74, 6) is 0.627. The fourth-order valence-corrected chi connectivity index (χ4v) is 3.09. The van der Waals surface area contributed by atoms with E-state index in [1.54, 1.807) is 24.3 Å². The number of urea groups is 1. The van der Waals surface area contributed by atoms with Crippen molar-refractivity contribution in [1.82, 2.24) is 15.5 Å². The van der Waals surface area contributed by atoms with Crippen LogP contribution in [0.2, 0.25) is 0 Å². The second-order valence-corrected chi connectivity index (χ2v) is 7.14. The third-order valence-corrected chi connectivity index (χ3v) is 4.26. The van der Waals surface area contributed by atoms with Gasteiger partial charge in [-0.25, -0.2) is 4.79 Å². The van der Waals surface area contributed by atoms with Crippen LogP contribution >= 0.6 is 0 Å². The Morgan fingerprint density at radius 2 is 2.12 bits per heavy atom. The number of anilines is 1. The zero-order chi connectivity index (χ0) is 18.2. The Balaban J connectivity index is 1.81. The Bertz CT molecular complexity index is 589. The molecule has 1 aromatic carbocycles. The molecular weight excluding hydrogens is 316 g/mol. The standard InChI is InChI=1S/C19H30N4O2/c1-14(2)21-19(25)22-17-8-4-7-16(12-17)18(24)20-9-11-23-10-5-6-15(3)13-23/h4,7-8,12,14-15H,5-6,9-11,13H2,1-3H3,(H,20,24)(H2,21,22,25)/t15-/m1/s1. The van der Waals surface area contributed by atoms with E-state index in [4.69, 9.17) is 0 Å². The molecule has 0 saturated carbocycles. The lowest BCUT2D eigenvalue weighted by atomic mass is 10.0. The predicted octanol–water partition coefficient (Wildman–Crippen LogP) is 2.68. The van der Waals surface area contributed by atoms with Crippen molar-refractivity contribution in [3.8, 4) is 0 Å². The topological polar surface area (TPSA) is 73.5 Å². The van der Waals surface area contributed by atoms with Gasteiger partial charge in [0.05, 0.1) is 0 Å². The molecule has 3 N–H and O–H groups in total. The van der Waals surface area contributed by atoms with Crippen LogP contribution in [0.3, 0.4) is 0 Å². The highest BCUT2D eigenvalue weighted by atomic mass is 16.2. The van der Waals surface area contributed by atoms with Gasteiger partial charge in [0.2, 0.25) is 0 Å². The van der Waals surface area contributed by atoms with Crippen LogP contribution in [0.15, 0.2) is 24.3 Å². The van der Waals surface area contributed by atoms with Crippen molar-refractivity contribution in [3.63, 3.8) is 0 Å².